The molecule has 1 aromatic rings. The first-order valence-electron chi connectivity index (χ1n) is 5.84. The lowest BCUT2D eigenvalue weighted by molar-refractivity contribution is -0.124. The molecule has 2 heterocycles. The van der Waals surface area contributed by atoms with Crippen LogP contribution in [0.2, 0.25) is 0 Å². The average Bonchev–Trinajstić information content (AvgIpc) is 2.83. The average molecular weight is 222 g/mol. The molecule has 1 saturated heterocycles. The van der Waals surface area contributed by atoms with Crippen LogP contribution >= 0.6 is 0 Å². The van der Waals surface area contributed by atoms with Crippen LogP contribution in [0.4, 0.5) is 0 Å². The third-order valence-corrected chi connectivity index (χ3v) is 2.96. The van der Waals surface area contributed by atoms with E-state index >= 15 is 0 Å². The molecule has 1 aromatic heterocycles. The molecule has 88 valence electrons. The Labute approximate surface area is 95.4 Å². The van der Waals surface area contributed by atoms with Gasteiger partial charge >= 0.3 is 0 Å². The van der Waals surface area contributed by atoms with Gasteiger partial charge in [-0.3, -0.25) is 4.79 Å². The molecule has 1 amide bonds. The smallest absolute Gasteiger partial charge is 0.237 e. The fourth-order valence-corrected chi connectivity index (χ4v) is 2.00. The molecule has 0 bridgehead atoms. The Morgan fingerprint density at radius 2 is 2.50 bits per heavy atom. The van der Waals surface area contributed by atoms with E-state index in [0.717, 1.165) is 31.6 Å². The molecule has 0 saturated carbocycles. The van der Waals surface area contributed by atoms with Crippen LogP contribution in [0.5, 0.6) is 0 Å². The van der Waals surface area contributed by atoms with Crippen LogP contribution < -0.4 is 10.6 Å². The van der Waals surface area contributed by atoms with Gasteiger partial charge in [0, 0.05) is 0 Å². The van der Waals surface area contributed by atoms with Crippen LogP contribution in [-0.4, -0.2) is 18.5 Å². The van der Waals surface area contributed by atoms with Gasteiger partial charge in [0.2, 0.25) is 5.91 Å². The number of hydrogen-bond donors (Lipinski definition) is 2. The normalized spacial score (nSPS) is 22.7. The van der Waals surface area contributed by atoms with Crippen LogP contribution in [-0.2, 0) is 4.79 Å². The maximum Gasteiger partial charge on any atom is 0.237 e. The van der Waals surface area contributed by atoms with Gasteiger partial charge in [0.15, 0.2) is 0 Å². The lowest BCUT2D eigenvalue weighted by atomic mass is 10.0. The monoisotopic (exact) mass is 222 g/mol. The maximum absolute atomic E-state index is 11.9. The van der Waals surface area contributed by atoms with Crippen molar-refractivity contribution >= 4 is 5.91 Å². The van der Waals surface area contributed by atoms with E-state index in [9.17, 15) is 4.79 Å². The van der Waals surface area contributed by atoms with E-state index in [0.29, 0.717) is 0 Å². The molecule has 2 N–H and O–H groups in total. The van der Waals surface area contributed by atoms with E-state index in [2.05, 4.69) is 10.6 Å². The number of piperidine rings is 1. The Bertz CT molecular complexity index is 329. The molecule has 0 spiro atoms. The standard InChI is InChI=1S/C12H18N2O2/c1-9(11-6-4-8-16-11)14-12(15)10-5-2-3-7-13-10/h4,6,8-10,13H,2-3,5,7H2,1H3,(H,14,15). The zero-order valence-electron chi connectivity index (χ0n) is 9.53. The van der Waals surface area contributed by atoms with Crippen LogP contribution in [0.25, 0.3) is 0 Å². The van der Waals surface area contributed by atoms with E-state index < -0.39 is 0 Å². The summed E-state index contributed by atoms with van der Waals surface area (Å²) in [6, 6.07) is 3.60. The van der Waals surface area contributed by atoms with Crippen molar-refractivity contribution < 1.29 is 9.21 Å². The second-order valence-electron chi connectivity index (χ2n) is 4.25. The van der Waals surface area contributed by atoms with Gasteiger partial charge in [0.1, 0.15) is 5.76 Å². The van der Waals surface area contributed by atoms with E-state index in [1.165, 1.54) is 0 Å². The molecule has 16 heavy (non-hydrogen) atoms. The lowest BCUT2D eigenvalue weighted by Crippen LogP contribution is -2.47. The highest BCUT2D eigenvalue weighted by Gasteiger charge is 2.22. The number of amides is 1. The molecule has 4 nitrogen and oxygen atoms in total. The van der Waals surface area contributed by atoms with Gasteiger partial charge in [-0.15, -0.1) is 0 Å². The first kappa shape index (κ1) is 11.2. The highest BCUT2D eigenvalue weighted by Crippen LogP contribution is 2.13. The van der Waals surface area contributed by atoms with Gasteiger partial charge in [-0.25, -0.2) is 0 Å². The van der Waals surface area contributed by atoms with Crippen molar-refractivity contribution in [2.45, 2.75) is 38.3 Å². The maximum atomic E-state index is 11.9. The molecule has 2 rings (SSSR count). The molecule has 4 heteroatoms. The largest absolute Gasteiger partial charge is 0.467 e. The fourth-order valence-electron chi connectivity index (χ4n) is 2.00. The molecular formula is C12H18N2O2. The zero-order chi connectivity index (χ0) is 11.4. The van der Waals surface area contributed by atoms with Crippen molar-refractivity contribution in [3.05, 3.63) is 24.2 Å². The van der Waals surface area contributed by atoms with Crippen molar-refractivity contribution in [3.63, 3.8) is 0 Å². The Morgan fingerprint density at radius 3 is 3.12 bits per heavy atom. The highest BCUT2D eigenvalue weighted by atomic mass is 16.3. The molecule has 1 fully saturated rings. The molecule has 0 aromatic carbocycles. The summed E-state index contributed by atoms with van der Waals surface area (Å²) in [5.41, 5.74) is 0. The summed E-state index contributed by atoms with van der Waals surface area (Å²) >= 11 is 0. The van der Waals surface area contributed by atoms with E-state index in [-0.39, 0.29) is 18.0 Å². The van der Waals surface area contributed by atoms with Crippen molar-refractivity contribution in [2.24, 2.45) is 0 Å². The number of furan rings is 1. The van der Waals surface area contributed by atoms with Crippen molar-refractivity contribution in [3.8, 4) is 0 Å². The summed E-state index contributed by atoms with van der Waals surface area (Å²) in [7, 11) is 0. The summed E-state index contributed by atoms with van der Waals surface area (Å²) in [6.07, 6.45) is 4.84. The van der Waals surface area contributed by atoms with Gasteiger partial charge in [0.05, 0.1) is 18.3 Å². The summed E-state index contributed by atoms with van der Waals surface area (Å²) < 4.78 is 5.25. The van der Waals surface area contributed by atoms with Gasteiger partial charge in [-0.05, 0) is 38.4 Å². The quantitative estimate of drug-likeness (QED) is 0.816. The van der Waals surface area contributed by atoms with E-state index in [1.54, 1.807) is 6.26 Å². The van der Waals surface area contributed by atoms with Crippen LogP contribution in [0.15, 0.2) is 22.8 Å². The molecule has 2 atom stereocenters. The van der Waals surface area contributed by atoms with Crippen molar-refractivity contribution in [2.75, 3.05) is 6.54 Å². The number of nitrogens with one attached hydrogen (secondary N) is 2. The topological polar surface area (TPSA) is 54.3 Å². The number of carbonyl (C=O) groups excluding carboxylic acids is 1. The zero-order valence-corrected chi connectivity index (χ0v) is 9.53. The third-order valence-electron chi connectivity index (χ3n) is 2.96. The van der Waals surface area contributed by atoms with Crippen LogP contribution in [0.1, 0.15) is 38.0 Å². The minimum Gasteiger partial charge on any atom is -0.467 e. The van der Waals surface area contributed by atoms with Gasteiger partial charge in [-0.2, -0.15) is 0 Å². The Hall–Kier alpha value is -1.29. The lowest BCUT2D eigenvalue weighted by Gasteiger charge is -2.24. The minimum atomic E-state index is -0.0637. The van der Waals surface area contributed by atoms with E-state index in [4.69, 9.17) is 4.42 Å². The third kappa shape index (κ3) is 2.64. The summed E-state index contributed by atoms with van der Waals surface area (Å²) in [4.78, 5) is 11.9. The van der Waals surface area contributed by atoms with Gasteiger partial charge < -0.3 is 15.1 Å². The van der Waals surface area contributed by atoms with Gasteiger partial charge in [0.25, 0.3) is 0 Å². The Kier molecular flexibility index (Phi) is 3.62. The minimum absolute atomic E-state index is 0.0360. The summed E-state index contributed by atoms with van der Waals surface area (Å²) in [6.45, 7) is 2.87. The fraction of sp³-hybridized carbons (Fsp3) is 0.583. The molecule has 1 aliphatic rings. The second-order valence-corrected chi connectivity index (χ2v) is 4.25. The Balaban J connectivity index is 1.86. The summed E-state index contributed by atoms with van der Waals surface area (Å²) in [5, 5.41) is 6.18. The predicted octanol–water partition coefficient (Wildman–Crippen LogP) is 1.60. The van der Waals surface area contributed by atoms with Crippen molar-refractivity contribution in [1.82, 2.24) is 10.6 Å². The summed E-state index contributed by atoms with van der Waals surface area (Å²) in [5.74, 6) is 0.868. The molecule has 2 unspecified atom stereocenters. The first-order chi connectivity index (χ1) is 7.77. The number of hydrogen-bond acceptors (Lipinski definition) is 3. The Morgan fingerprint density at radius 1 is 1.62 bits per heavy atom. The van der Waals surface area contributed by atoms with Gasteiger partial charge in [-0.1, -0.05) is 6.42 Å². The molecule has 1 aliphatic heterocycles. The second kappa shape index (κ2) is 5.16. The van der Waals surface area contributed by atoms with E-state index in [1.807, 2.05) is 19.1 Å². The molecular weight excluding hydrogens is 204 g/mol. The highest BCUT2D eigenvalue weighted by molar-refractivity contribution is 5.82. The van der Waals surface area contributed by atoms with Crippen molar-refractivity contribution in [1.29, 1.82) is 0 Å². The SMILES string of the molecule is CC(NC(=O)C1CCCCN1)c1ccco1. The number of carbonyl (C=O) groups is 1. The van der Waals surface area contributed by atoms with Crippen LogP contribution in [0, 0.1) is 0 Å². The predicted molar refractivity (Wildman–Crippen MR) is 60.9 cm³/mol. The molecule has 0 aliphatic carbocycles. The van der Waals surface area contributed by atoms with Crippen LogP contribution in [0.3, 0.4) is 0 Å². The molecule has 0 radical (unpaired) electrons. The number of rotatable bonds is 3. The first-order valence-corrected chi connectivity index (χ1v) is 5.84.